The van der Waals surface area contributed by atoms with Gasteiger partial charge in [-0.05, 0) is 24.6 Å². The van der Waals surface area contributed by atoms with E-state index in [0.717, 1.165) is 21.9 Å². The topological polar surface area (TPSA) is 111 Å². The van der Waals surface area contributed by atoms with E-state index in [1.807, 2.05) is 52.2 Å². The Morgan fingerprint density at radius 3 is 2.41 bits per heavy atom. The highest BCUT2D eigenvalue weighted by molar-refractivity contribution is 6.13. The van der Waals surface area contributed by atoms with Crippen LogP contribution in [0.4, 0.5) is 11.4 Å². The molecular formula is C26H28N5O3+. The van der Waals surface area contributed by atoms with Crippen LogP contribution in [-0.2, 0) is 6.54 Å². The lowest BCUT2D eigenvalue weighted by atomic mass is 10.0. The number of benzene rings is 3. The van der Waals surface area contributed by atoms with Crippen molar-refractivity contribution >= 4 is 39.1 Å². The lowest BCUT2D eigenvalue weighted by molar-refractivity contribution is -0.928. The molecule has 1 heterocycles. The molecule has 0 aliphatic carbocycles. The lowest BCUT2D eigenvalue weighted by Crippen LogP contribution is -2.55. The van der Waals surface area contributed by atoms with Crippen LogP contribution in [0.2, 0.25) is 0 Å². The van der Waals surface area contributed by atoms with Crippen molar-refractivity contribution < 1.29 is 14.2 Å². The molecule has 1 aromatic heterocycles. The molecule has 0 radical (unpaired) electrons. The molecule has 1 amide bonds. The zero-order valence-corrected chi connectivity index (χ0v) is 19.7. The number of nitrogens with one attached hydrogen (secondary N) is 1. The van der Waals surface area contributed by atoms with Gasteiger partial charge in [-0.3, -0.25) is 14.9 Å². The number of nitro benzene ring substituents is 1. The number of quaternary nitrogens is 1. The molecular weight excluding hydrogens is 430 g/mol. The number of amides is 1. The van der Waals surface area contributed by atoms with Crippen molar-refractivity contribution in [2.24, 2.45) is 0 Å². The van der Waals surface area contributed by atoms with Gasteiger partial charge in [0.25, 0.3) is 11.6 Å². The Balaban J connectivity index is 1.66. The number of carbonyl (C=O) groups excluding carboxylic acids is 1. The van der Waals surface area contributed by atoms with Crippen LogP contribution in [0, 0.1) is 17.0 Å². The fourth-order valence-corrected chi connectivity index (χ4v) is 4.19. The number of para-hydroxylation sites is 3. The molecule has 4 aromatic rings. The fourth-order valence-electron chi connectivity index (χ4n) is 4.19. The fraction of sp³-hybridized carbons (Fsp3) is 0.231. The standard InChI is InChI=1S/C26H27N5O3/c1-16-9-7-11-19-23(27)20-12-8-13-21(25(20)29-24(16)19)26(32)28-17(2)31(3,4)15-18-10-5-6-14-22(18)30(33)34/h5-14,17H,15H2,1-4H3,(H2-,27,28,29,32)/p+1. The number of pyridine rings is 1. The number of carbonyl (C=O) groups is 1. The highest BCUT2D eigenvalue weighted by atomic mass is 16.6. The van der Waals surface area contributed by atoms with Crippen LogP contribution in [0.3, 0.4) is 0 Å². The van der Waals surface area contributed by atoms with E-state index in [9.17, 15) is 14.9 Å². The van der Waals surface area contributed by atoms with E-state index < -0.39 is 0 Å². The van der Waals surface area contributed by atoms with Crippen LogP contribution in [0.1, 0.15) is 28.4 Å². The molecule has 8 heteroatoms. The Morgan fingerprint density at radius 1 is 1.06 bits per heavy atom. The summed E-state index contributed by atoms with van der Waals surface area (Å²) in [5, 5.41) is 16.1. The van der Waals surface area contributed by atoms with Crippen molar-refractivity contribution in [1.82, 2.24) is 10.3 Å². The SMILES string of the molecule is Cc1cccc2c(N)c3cccc(C(=O)NC(C)[N+](C)(C)Cc4ccccc4[N+](=O)[O-])c3nc12. The Hall–Kier alpha value is -4.04. The predicted octanol–water partition coefficient (Wildman–Crippen LogP) is 4.54. The lowest BCUT2D eigenvalue weighted by Gasteiger charge is -2.36. The molecule has 0 saturated heterocycles. The van der Waals surface area contributed by atoms with Crippen LogP contribution < -0.4 is 11.1 Å². The first-order chi connectivity index (χ1) is 16.1. The second kappa shape index (κ2) is 8.72. The van der Waals surface area contributed by atoms with E-state index in [0.29, 0.717) is 33.4 Å². The molecule has 0 fully saturated rings. The largest absolute Gasteiger partial charge is 0.398 e. The second-order valence-corrected chi connectivity index (χ2v) is 9.17. The van der Waals surface area contributed by atoms with Gasteiger partial charge in [-0.25, -0.2) is 4.98 Å². The first-order valence-corrected chi connectivity index (χ1v) is 11.0. The molecule has 0 aliphatic rings. The summed E-state index contributed by atoms with van der Waals surface area (Å²) in [6.07, 6.45) is -0.331. The van der Waals surface area contributed by atoms with Gasteiger partial charge in [-0.2, -0.15) is 0 Å². The third kappa shape index (κ3) is 4.15. The molecule has 174 valence electrons. The maximum atomic E-state index is 13.4. The summed E-state index contributed by atoms with van der Waals surface area (Å²) in [5.41, 5.74) is 10.5. The third-order valence-corrected chi connectivity index (χ3v) is 6.48. The summed E-state index contributed by atoms with van der Waals surface area (Å²) in [7, 11) is 3.86. The van der Waals surface area contributed by atoms with Crippen LogP contribution in [0.25, 0.3) is 21.8 Å². The number of nitrogens with zero attached hydrogens (tertiary/aromatic N) is 3. The summed E-state index contributed by atoms with van der Waals surface area (Å²) in [4.78, 5) is 29.2. The average molecular weight is 459 g/mol. The third-order valence-electron chi connectivity index (χ3n) is 6.48. The molecule has 0 spiro atoms. The van der Waals surface area contributed by atoms with E-state index in [1.165, 1.54) is 6.07 Å². The van der Waals surface area contributed by atoms with Crippen molar-refractivity contribution in [1.29, 1.82) is 0 Å². The Bertz CT molecular complexity index is 1430. The minimum atomic E-state index is -0.378. The van der Waals surface area contributed by atoms with Crippen LogP contribution in [-0.4, -0.2) is 40.6 Å². The van der Waals surface area contributed by atoms with Gasteiger partial charge in [-0.1, -0.05) is 42.5 Å². The monoisotopic (exact) mass is 458 g/mol. The molecule has 1 atom stereocenters. The Kier molecular flexibility index (Phi) is 5.93. The number of nitrogen functional groups attached to an aromatic ring is 1. The molecule has 0 saturated carbocycles. The van der Waals surface area contributed by atoms with Crippen molar-refractivity contribution in [3.63, 3.8) is 0 Å². The quantitative estimate of drug-likeness (QED) is 0.145. The first kappa shape index (κ1) is 23.1. The number of aryl methyl sites for hydroxylation is 1. The van der Waals surface area contributed by atoms with E-state index in [2.05, 4.69) is 5.32 Å². The molecule has 0 bridgehead atoms. The van der Waals surface area contributed by atoms with Gasteiger partial charge in [0.05, 0.1) is 46.9 Å². The predicted molar refractivity (Wildman–Crippen MR) is 134 cm³/mol. The van der Waals surface area contributed by atoms with Gasteiger partial charge in [0.2, 0.25) is 0 Å². The van der Waals surface area contributed by atoms with Crippen LogP contribution in [0.5, 0.6) is 0 Å². The maximum absolute atomic E-state index is 13.4. The van der Waals surface area contributed by atoms with Crippen molar-refractivity contribution in [3.05, 3.63) is 87.5 Å². The van der Waals surface area contributed by atoms with Crippen LogP contribution >= 0.6 is 0 Å². The summed E-state index contributed by atoms with van der Waals surface area (Å²) < 4.78 is 0.318. The molecule has 34 heavy (non-hydrogen) atoms. The van der Waals surface area contributed by atoms with Gasteiger partial charge >= 0.3 is 0 Å². The van der Waals surface area contributed by atoms with E-state index in [1.54, 1.807) is 30.3 Å². The van der Waals surface area contributed by atoms with Gasteiger partial charge in [0.15, 0.2) is 6.17 Å². The van der Waals surface area contributed by atoms with Gasteiger partial charge in [0.1, 0.15) is 6.54 Å². The summed E-state index contributed by atoms with van der Waals surface area (Å²) in [6.45, 7) is 4.23. The number of hydrogen-bond acceptors (Lipinski definition) is 5. The molecule has 3 N–H and O–H groups in total. The van der Waals surface area contributed by atoms with E-state index in [4.69, 9.17) is 10.7 Å². The second-order valence-electron chi connectivity index (χ2n) is 9.17. The first-order valence-electron chi connectivity index (χ1n) is 11.0. The van der Waals surface area contributed by atoms with Crippen molar-refractivity contribution in [2.45, 2.75) is 26.6 Å². The Morgan fingerprint density at radius 2 is 1.71 bits per heavy atom. The van der Waals surface area contributed by atoms with E-state index in [-0.39, 0.29) is 22.7 Å². The smallest absolute Gasteiger partial charge is 0.278 e. The number of nitro groups is 1. The zero-order valence-electron chi connectivity index (χ0n) is 19.7. The number of nitrogens with two attached hydrogens (primary N) is 1. The van der Waals surface area contributed by atoms with Gasteiger partial charge in [-0.15, -0.1) is 0 Å². The van der Waals surface area contributed by atoms with E-state index >= 15 is 0 Å². The normalized spacial score (nSPS) is 12.6. The van der Waals surface area contributed by atoms with Crippen LogP contribution in [0.15, 0.2) is 60.7 Å². The number of anilines is 1. The molecule has 3 aromatic carbocycles. The highest BCUT2D eigenvalue weighted by Crippen LogP contribution is 2.31. The summed E-state index contributed by atoms with van der Waals surface area (Å²) >= 11 is 0. The molecule has 8 nitrogen and oxygen atoms in total. The zero-order chi connectivity index (χ0) is 24.6. The Labute approximate surface area is 197 Å². The minimum absolute atomic E-state index is 0.0724. The van der Waals surface area contributed by atoms with Crippen molar-refractivity contribution in [2.75, 3.05) is 19.8 Å². The molecule has 4 rings (SSSR count). The molecule has 0 aliphatic heterocycles. The van der Waals surface area contributed by atoms with Gasteiger partial charge < -0.3 is 15.5 Å². The number of aromatic nitrogens is 1. The highest BCUT2D eigenvalue weighted by Gasteiger charge is 2.30. The average Bonchev–Trinajstić information content (AvgIpc) is 2.79. The minimum Gasteiger partial charge on any atom is -0.398 e. The number of rotatable bonds is 6. The number of fused-ring (bicyclic) bond motifs is 2. The molecule has 1 unspecified atom stereocenters. The number of hydrogen-bond donors (Lipinski definition) is 2. The van der Waals surface area contributed by atoms with Crippen molar-refractivity contribution in [3.8, 4) is 0 Å². The summed E-state index contributed by atoms with van der Waals surface area (Å²) in [5.74, 6) is -0.272. The van der Waals surface area contributed by atoms with Gasteiger partial charge in [0, 0.05) is 23.8 Å². The maximum Gasteiger partial charge on any atom is 0.278 e. The summed E-state index contributed by atoms with van der Waals surface area (Å²) in [6, 6.07) is 17.9.